The van der Waals surface area contributed by atoms with Crippen molar-refractivity contribution in [2.24, 2.45) is 0 Å². The van der Waals surface area contributed by atoms with Crippen molar-refractivity contribution in [2.45, 2.75) is 309 Å². The number of carbonyl (C=O) groups excluding carboxylic acids is 3. The van der Waals surface area contributed by atoms with E-state index in [-0.39, 0.29) is 31.1 Å². The molecule has 0 fully saturated rings. The number of carbonyl (C=O) groups is 3. The predicted octanol–water partition coefficient (Wildman–Crippen LogP) is 18.9. The minimum absolute atomic E-state index is 0.0727. The number of unbranched alkanes of at least 4 members (excludes halogenated alkanes) is 35. The zero-order valence-electron chi connectivity index (χ0n) is 43.5. The molecule has 0 radical (unpaired) electrons. The molecule has 0 aliphatic rings. The first-order valence-electron chi connectivity index (χ1n) is 28.5. The lowest BCUT2D eigenvalue weighted by atomic mass is 10.0. The summed E-state index contributed by atoms with van der Waals surface area (Å²) in [6.07, 6.45) is 64.2. The van der Waals surface area contributed by atoms with Crippen LogP contribution in [0.15, 0.2) is 36.5 Å². The van der Waals surface area contributed by atoms with Gasteiger partial charge in [-0.1, -0.05) is 269 Å². The van der Waals surface area contributed by atoms with Crippen molar-refractivity contribution < 1.29 is 28.6 Å². The van der Waals surface area contributed by atoms with Gasteiger partial charge in [-0.3, -0.25) is 14.4 Å². The Morgan fingerprint density at radius 2 is 0.600 bits per heavy atom. The van der Waals surface area contributed by atoms with Crippen molar-refractivity contribution in [1.82, 2.24) is 0 Å². The molecule has 0 aliphatic heterocycles. The summed E-state index contributed by atoms with van der Waals surface area (Å²) in [5.74, 6) is -0.871. The molecule has 0 heterocycles. The van der Waals surface area contributed by atoms with Crippen LogP contribution in [-0.2, 0) is 28.6 Å². The number of esters is 3. The minimum atomic E-state index is -0.774. The highest BCUT2D eigenvalue weighted by atomic mass is 16.6. The maximum absolute atomic E-state index is 12.8. The number of rotatable bonds is 52. The third kappa shape index (κ3) is 52.5. The SMILES string of the molecule is CC/C=C\C/C=C\C/C=C\CCCCCCCC(=O)OC[C@H](COC(=O)CCCCCCCCCCCCCCCCCCC)OC(=O)CCCCCCCCCCCCCCCCC. The third-order valence-corrected chi connectivity index (χ3v) is 12.7. The molecule has 6 heteroatoms. The van der Waals surface area contributed by atoms with Crippen LogP contribution in [0, 0.1) is 0 Å². The van der Waals surface area contributed by atoms with Gasteiger partial charge in [0.25, 0.3) is 0 Å². The summed E-state index contributed by atoms with van der Waals surface area (Å²) < 4.78 is 16.9. The zero-order chi connectivity index (χ0) is 47.2. The molecule has 0 spiro atoms. The average molecular weight is 914 g/mol. The van der Waals surface area contributed by atoms with Crippen molar-refractivity contribution in [3.05, 3.63) is 36.5 Å². The van der Waals surface area contributed by atoms with E-state index in [9.17, 15) is 14.4 Å². The van der Waals surface area contributed by atoms with E-state index in [0.717, 1.165) is 96.3 Å². The number of hydrogen-bond acceptors (Lipinski definition) is 6. The fraction of sp³-hybridized carbons (Fsp3) is 0.847. The molecular weight excluding hydrogens is 805 g/mol. The summed E-state index contributed by atoms with van der Waals surface area (Å²) in [4.78, 5) is 38.1. The molecule has 0 bridgehead atoms. The van der Waals surface area contributed by atoms with E-state index >= 15 is 0 Å². The van der Waals surface area contributed by atoms with Gasteiger partial charge in [-0.15, -0.1) is 0 Å². The average Bonchev–Trinajstić information content (AvgIpc) is 3.30. The number of allylic oxidation sites excluding steroid dienone is 6. The highest BCUT2D eigenvalue weighted by Crippen LogP contribution is 2.17. The molecule has 0 rings (SSSR count). The van der Waals surface area contributed by atoms with E-state index in [1.807, 2.05) is 0 Å². The molecular formula is C59H108O6. The van der Waals surface area contributed by atoms with Gasteiger partial charge in [-0.25, -0.2) is 0 Å². The normalized spacial score (nSPS) is 12.2. The molecule has 65 heavy (non-hydrogen) atoms. The maximum atomic E-state index is 12.8. The lowest BCUT2D eigenvalue weighted by molar-refractivity contribution is -0.167. The summed E-state index contributed by atoms with van der Waals surface area (Å²) in [6.45, 7) is 6.56. The highest BCUT2D eigenvalue weighted by molar-refractivity contribution is 5.71. The van der Waals surface area contributed by atoms with Gasteiger partial charge in [0, 0.05) is 19.3 Å². The quantitative estimate of drug-likeness (QED) is 0.0262. The summed E-state index contributed by atoms with van der Waals surface area (Å²) in [6, 6.07) is 0. The molecule has 0 aliphatic carbocycles. The van der Waals surface area contributed by atoms with Crippen molar-refractivity contribution in [3.63, 3.8) is 0 Å². The van der Waals surface area contributed by atoms with Crippen LogP contribution < -0.4 is 0 Å². The lowest BCUT2D eigenvalue weighted by Gasteiger charge is -2.18. The molecule has 0 saturated heterocycles. The Balaban J connectivity index is 4.34. The zero-order valence-corrected chi connectivity index (χ0v) is 43.5. The standard InChI is InChI=1S/C59H108O6/c1-4-7-10-13-16-19-22-25-28-29-32-34-37-40-43-46-49-52-58(61)64-55-56(65-59(62)53-50-47-44-41-38-35-31-27-24-21-18-15-12-9-6-3)54-63-57(60)51-48-45-42-39-36-33-30-26-23-20-17-14-11-8-5-2/h8,11,17,20,26,30,56H,4-7,9-10,12-16,18-19,21-25,27-29,31-55H2,1-3H3/b11-8-,20-17-,30-26-/t56-/m1/s1. The van der Waals surface area contributed by atoms with Crippen LogP contribution in [0.5, 0.6) is 0 Å². The van der Waals surface area contributed by atoms with E-state index in [4.69, 9.17) is 14.2 Å². The lowest BCUT2D eigenvalue weighted by Crippen LogP contribution is -2.30. The molecule has 0 aromatic heterocycles. The fourth-order valence-corrected chi connectivity index (χ4v) is 8.40. The van der Waals surface area contributed by atoms with Gasteiger partial charge in [0.2, 0.25) is 0 Å². The van der Waals surface area contributed by atoms with Crippen molar-refractivity contribution >= 4 is 17.9 Å². The van der Waals surface area contributed by atoms with Crippen LogP contribution in [0.4, 0.5) is 0 Å². The van der Waals surface area contributed by atoms with Gasteiger partial charge in [0.1, 0.15) is 13.2 Å². The van der Waals surface area contributed by atoms with Crippen LogP contribution in [0.1, 0.15) is 303 Å². The maximum Gasteiger partial charge on any atom is 0.306 e. The van der Waals surface area contributed by atoms with Crippen molar-refractivity contribution in [1.29, 1.82) is 0 Å². The number of ether oxygens (including phenoxy) is 3. The molecule has 0 aromatic rings. The van der Waals surface area contributed by atoms with Gasteiger partial charge in [0.05, 0.1) is 0 Å². The van der Waals surface area contributed by atoms with Crippen molar-refractivity contribution in [3.8, 4) is 0 Å². The summed E-state index contributed by atoms with van der Waals surface area (Å²) >= 11 is 0. The highest BCUT2D eigenvalue weighted by Gasteiger charge is 2.19. The van der Waals surface area contributed by atoms with Crippen LogP contribution in [0.25, 0.3) is 0 Å². The molecule has 0 amide bonds. The Kier molecular flexibility index (Phi) is 52.3. The Morgan fingerprint density at radius 3 is 0.938 bits per heavy atom. The summed E-state index contributed by atoms with van der Waals surface area (Å²) in [5.41, 5.74) is 0. The Bertz CT molecular complexity index is 1090. The van der Waals surface area contributed by atoms with Gasteiger partial charge >= 0.3 is 17.9 Å². The van der Waals surface area contributed by atoms with E-state index in [1.54, 1.807) is 0 Å². The molecule has 0 saturated carbocycles. The second kappa shape index (κ2) is 54.2. The summed E-state index contributed by atoms with van der Waals surface area (Å²) in [5, 5.41) is 0. The van der Waals surface area contributed by atoms with E-state index in [0.29, 0.717) is 19.3 Å². The van der Waals surface area contributed by atoms with Crippen LogP contribution in [-0.4, -0.2) is 37.2 Å². The summed E-state index contributed by atoms with van der Waals surface area (Å²) in [7, 11) is 0. The monoisotopic (exact) mass is 913 g/mol. The Hall–Kier alpha value is -2.37. The van der Waals surface area contributed by atoms with E-state index in [2.05, 4.69) is 57.2 Å². The minimum Gasteiger partial charge on any atom is -0.462 e. The van der Waals surface area contributed by atoms with Crippen LogP contribution >= 0.6 is 0 Å². The van der Waals surface area contributed by atoms with Gasteiger partial charge < -0.3 is 14.2 Å². The van der Waals surface area contributed by atoms with Crippen molar-refractivity contribution in [2.75, 3.05) is 13.2 Å². The first kappa shape index (κ1) is 62.6. The Labute approximate surface area is 404 Å². The third-order valence-electron chi connectivity index (χ3n) is 12.7. The molecule has 0 aromatic carbocycles. The van der Waals surface area contributed by atoms with E-state index in [1.165, 1.54) is 167 Å². The molecule has 6 nitrogen and oxygen atoms in total. The van der Waals surface area contributed by atoms with Gasteiger partial charge in [-0.05, 0) is 51.4 Å². The van der Waals surface area contributed by atoms with E-state index < -0.39 is 6.10 Å². The second-order valence-corrected chi connectivity index (χ2v) is 19.2. The largest absolute Gasteiger partial charge is 0.462 e. The smallest absolute Gasteiger partial charge is 0.306 e. The fourth-order valence-electron chi connectivity index (χ4n) is 8.40. The first-order chi connectivity index (χ1) is 32.0. The van der Waals surface area contributed by atoms with Crippen LogP contribution in [0.2, 0.25) is 0 Å². The molecule has 1 atom stereocenters. The Morgan fingerprint density at radius 1 is 0.323 bits per heavy atom. The first-order valence-corrected chi connectivity index (χ1v) is 28.5. The number of hydrogen-bond donors (Lipinski definition) is 0. The molecule has 380 valence electrons. The van der Waals surface area contributed by atoms with Gasteiger partial charge in [-0.2, -0.15) is 0 Å². The van der Waals surface area contributed by atoms with Gasteiger partial charge in [0.15, 0.2) is 6.10 Å². The molecule has 0 unspecified atom stereocenters. The second-order valence-electron chi connectivity index (χ2n) is 19.2. The topological polar surface area (TPSA) is 78.9 Å². The molecule has 0 N–H and O–H groups in total. The predicted molar refractivity (Wildman–Crippen MR) is 279 cm³/mol. The van der Waals surface area contributed by atoms with Crippen LogP contribution in [0.3, 0.4) is 0 Å².